The van der Waals surface area contributed by atoms with Gasteiger partial charge in [-0.1, -0.05) is 36.2 Å². The normalized spacial score (nSPS) is 38.1. The third-order valence-corrected chi connectivity index (χ3v) is 5.46. The molecular weight excluding hydrogens is 236 g/mol. The fraction of sp³-hybridized carbons (Fsp3) is 1.00. The smallest absolute Gasteiger partial charge is 0.00622 e. The first-order chi connectivity index (χ1) is 6.70. The number of hydrogen-bond acceptors (Lipinski definition) is 0. The molecule has 0 N–H and O–H groups in total. The van der Waals surface area contributed by atoms with Gasteiger partial charge in [0.1, 0.15) is 0 Å². The topological polar surface area (TPSA) is 0 Å². The van der Waals surface area contributed by atoms with Crippen LogP contribution in [0.3, 0.4) is 0 Å². The van der Waals surface area contributed by atoms with E-state index in [1.165, 1.54) is 11.8 Å². The van der Waals surface area contributed by atoms with E-state index in [9.17, 15) is 0 Å². The van der Waals surface area contributed by atoms with E-state index in [-0.39, 0.29) is 0 Å². The summed E-state index contributed by atoms with van der Waals surface area (Å²) in [5.41, 5.74) is 0. The molecule has 0 nitrogen and oxygen atoms in total. The molecular formula is C13H23Br. The van der Waals surface area contributed by atoms with Crippen molar-refractivity contribution in [2.45, 2.75) is 46.0 Å². The SMILES string of the molecule is CC(C)C(CBr)CC1CC2CCC1C2. The third-order valence-electron chi connectivity index (χ3n) is 4.63. The van der Waals surface area contributed by atoms with Crippen LogP contribution in [0.15, 0.2) is 0 Å². The Hall–Kier alpha value is 0.480. The Balaban J connectivity index is 1.85. The van der Waals surface area contributed by atoms with Gasteiger partial charge in [-0.3, -0.25) is 0 Å². The van der Waals surface area contributed by atoms with Crippen molar-refractivity contribution >= 4 is 15.9 Å². The summed E-state index contributed by atoms with van der Waals surface area (Å²) in [6.45, 7) is 4.75. The van der Waals surface area contributed by atoms with Crippen molar-refractivity contribution in [1.82, 2.24) is 0 Å². The number of alkyl halides is 1. The van der Waals surface area contributed by atoms with Crippen molar-refractivity contribution in [2.75, 3.05) is 5.33 Å². The Labute approximate surface area is 97.0 Å². The summed E-state index contributed by atoms with van der Waals surface area (Å²) in [6, 6.07) is 0. The maximum absolute atomic E-state index is 3.68. The summed E-state index contributed by atoms with van der Waals surface area (Å²) < 4.78 is 0. The van der Waals surface area contributed by atoms with Gasteiger partial charge in [0, 0.05) is 5.33 Å². The molecule has 0 heterocycles. The van der Waals surface area contributed by atoms with E-state index < -0.39 is 0 Å². The zero-order valence-corrected chi connectivity index (χ0v) is 11.1. The van der Waals surface area contributed by atoms with Gasteiger partial charge in [-0.25, -0.2) is 0 Å². The molecule has 0 aliphatic heterocycles. The van der Waals surface area contributed by atoms with Crippen molar-refractivity contribution in [1.29, 1.82) is 0 Å². The van der Waals surface area contributed by atoms with E-state index in [0.29, 0.717) is 0 Å². The van der Waals surface area contributed by atoms with Gasteiger partial charge in [-0.2, -0.15) is 0 Å². The van der Waals surface area contributed by atoms with E-state index in [2.05, 4.69) is 29.8 Å². The zero-order chi connectivity index (χ0) is 10.1. The maximum atomic E-state index is 3.68. The lowest BCUT2D eigenvalue weighted by molar-refractivity contribution is 0.248. The lowest BCUT2D eigenvalue weighted by Gasteiger charge is -2.27. The van der Waals surface area contributed by atoms with Gasteiger partial charge in [-0.15, -0.1) is 0 Å². The van der Waals surface area contributed by atoms with Crippen molar-refractivity contribution in [3.63, 3.8) is 0 Å². The second kappa shape index (κ2) is 4.55. The first kappa shape index (κ1) is 11.0. The summed E-state index contributed by atoms with van der Waals surface area (Å²) in [7, 11) is 0. The highest BCUT2D eigenvalue weighted by atomic mass is 79.9. The molecule has 0 aromatic carbocycles. The minimum Gasteiger partial charge on any atom is -0.0925 e. The fourth-order valence-electron chi connectivity index (χ4n) is 3.57. The molecule has 82 valence electrons. The van der Waals surface area contributed by atoms with Gasteiger partial charge in [0.25, 0.3) is 0 Å². The molecule has 0 aromatic heterocycles. The Kier molecular flexibility index (Phi) is 3.57. The first-order valence-corrected chi connectivity index (χ1v) is 7.38. The van der Waals surface area contributed by atoms with Gasteiger partial charge in [0.2, 0.25) is 0 Å². The second-order valence-electron chi connectivity index (χ2n) is 5.83. The first-order valence-electron chi connectivity index (χ1n) is 6.26. The van der Waals surface area contributed by atoms with E-state index >= 15 is 0 Å². The van der Waals surface area contributed by atoms with Crippen LogP contribution < -0.4 is 0 Å². The molecule has 0 spiro atoms. The predicted molar refractivity (Wildman–Crippen MR) is 65.7 cm³/mol. The summed E-state index contributed by atoms with van der Waals surface area (Å²) in [5, 5.41) is 1.21. The van der Waals surface area contributed by atoms with Crippen LogP contribution in [-0.2, 0) is 0 Å². The number of halogens is 1. The molecule has 0 saturated heterocycles. The lowest BCUT2D eigenvalue weighted by Crippen LogP contribution is -2.19. The van der Waals surface area contributed by atoms with Gasteiger partial charge in [-0.05, 0) is 55.3 Å². The zero-order valence-electron chi connectivity index (χ0n) is 9.51. The van der Waals surface area contributed by atoms with Crippen molar-refractivity contribution < 1.29 is 0 Å². The minimum absolute atomic E-state index is 0.855. The lowest BCUT2D eigenvalue weighted by atomic mass is 9.79. The molecule has 2 saturated carbocycles. The Bertz CT molecular complexity index is 188. The van der Waals surface area contributed by atoms with Gasteiger partial charge in [0.05, 0.1) is 0 Å². The van der Waals surface area contributed by atoms with E-state index in [4.69, 9.17) is 0 Å². The molecule has 2 fully saturated rings. The molecule has 1 heteroatoms. The number of hydrogen-bond donors (Lipinski definition) is 0. The molecule has 0 radical (unpaired) electrons. The molecule has 14 heavy (non-hydrogen) atoms. The van der Waals surface area contributed by atoms with Crippen molar-refractivity contribution in [3.8, 4) is 0 Å². The van der Waals surface area contributed by atoms with Crippen LogP contribution in [0.5, 0.6) is 0 Å². The molecule has 2 bridgehead atoms. The minimum atomic E-state index is 0.855. The van der Waals surface area contributed by atoms with Crippen LogP contribution in [0.2, 0.25) is 0 Å². The molecule has 2 rings (SSSR count). The van der Waals surface area contributed by atoms with Crippen LogP contribution in [0.1, 0.15) is 46.0 Å². The average Bonchev–Trinajstić information content (AvgIpc) is 2.74. The van der Waals surface area contributed by atoms with Gasteiger partial charge < -0.3 is 0 Å². The van der Waals surface area contributed by atoms with E-state index in [0.717, 1.165) is 29.6 Å². The highest BCUT2D eigenvalue weighted by Gasteiger charge is 2.40. The molecule has 2 aliphatic carbocycles. The van der Waals surface area contributed by atoms with Gasteiger partial charge in [0.15, 0.2) is 0 Å². The summed E-state index contributed by atoms with van der Waals surface area (Å²) in [5.74, 6) is 5.08. The molecule has 4 atom stereocenters. The number of rotatable bonds is 4. The maximum Gasteiger partial charge on any atom is 0.00622 e. The standard InChI is InChI=1S/C13H23Br/c1-9(2)13(8-14)7-12-6-10-3-4-11(12)5-10/h9-13H,3-8H2,1-2H3. The van der Waals surface area contributed by atoms with Crippen LogP contribution in [0.25, 0.3) is 0 Å². The molecule has 2 aliphatic rings. The highest BCUT2D eigenvalue weighted by Crippen LogP contribution is 2.50. The largest absolute Gasteiger partial charge is 0.0925 e. The fourth-order valence-corrected chi connectivity index (χ4v) is 4.58. The van der Waals surface area contributed by atoms with Crippen LogP contribution in [0.4, 0.5) is 0 Å². The van der Waals surface area contributed by atoms with Crippen LogP contribution in [-0.4, -0.2) is 5.33 Å². The Morgan fingerprint density at radius 2 is 2.00 bits per heavy atom. The summed E-state index contributed by atoms with van der Waals surface area (Å²) >= 11 is 3.68. The van der Waals surface area contributed by atoms with E-state index in [1.54, 1.807) is 25.7 Å². The van der Waals surface area contributed by atoms with Crippen molar-refractivity contribution in [2.24, 2.45) is 29.6 Å². The van der Waals surface area contributed by atoms with Crippen LogP contribution >= 0.6 is 15.9 Å². The third kappa shape index (κ3) is 2.18. The van der Waals surface area contributed by atoms with Gasteiger partial charge >= 0.3 is 0 Å². The van der Waals surface area contributed by atoms with Crippen LogP contribution in [0, 0.1) is 29.6 Å². The highest BCUT2D eigenvalue weighted by molar-refractivity contribution is 9.09. The molecule has 0 amide bonds. The van der Waals surface area contributed by atoms with E-state index in [1.807, 2.05) is 0 Å². The number of fused-ring (bicyclic) bond motifs is 2. The average molecular weight is 259 g/mol. The Morgan fingerprint density at radius 1 is 1.21 bits per heavy atom. The Morgan fingerprint density at radius 3 is 2.43 bits per heavy atom. The van der Waals surface area contributed by atoms with Crippen molar-refractivity contribution in [3.05, 3.63) is 0 Å². The molecule has 4 unspecified atom stereocenters. The summed E-state index contributed by atoms with van der Waals surface area (Å²) in [6.07, 6.45) is 7.70. The second-order valence-corrected chi connectivity index (χ2v) is 6.48. The predicted octanol–water partition coefficient (Wildman–Crippen LogP) is 4.48. The summed E-state index contributed by atoms with van der Waals surface area (Å²) in [4.78, 5) is 0. The quantitative estimate of drug-likeness (QED) is 0.653. The monoisotopic (exact) mass is 258 g/mol. The molecule has 0 aromatic rings.